The Morgan fingerprint density at radius 1 is 1.08 bits per heavy atom. The second-order valence-electron chi connectivity index (χ2n) is 9.59. The van der Waals surface area contributed by atoms with Crippen LogP contribution in [-0.2, 0) is 28.9 Å². The van der Waals surface area contributed by atoms with E-state index < -0.39 is 5.97 Å². The number of carbonyl (C=O) groups excluding carboxylic acids is 3. The number of amides is 2. The molecular weight excluding hydrogens is 472 g/mol. The van der Waals surface area contributed by atoms with Gasteiger partial charge in [0.2, 0.25) is 0 Å². The van der Waals surface area contributed by atoms with E-state index in [0.717, 1.165) is 62.9 Å². The van der Waals surface area contributed by atoms with Crippen LogP contribution in [0.5, 0.6) is 0 Å². The number of aryl methyl sites for hydroxylation is 2. The fraction of sp³-hybridized carbons (Fsp3) is 0.571. The molecule has 0 bridgehead atoms. The number of ether oxygens (including phenoxy) is 2. The van der Waals surface area contributed by atoms with Gasteiger partial charge < -0.3 is 19.7 Å². The van der Waals surface area contributed by atoms with Crippen molar-refractivity contribution in [3.8, 4) is 0 Å². The van der Waals surface area contributed by atoms with Gasteiger partial charge in [0.1, 0.15) is 5.69 Å². The number of benzene rings is 1. The van der Waals surface area contributed by atoms with E-state index in [1.165, 1.54) is 0 Å². The molecule has 2 aromatic rings. The van der Waals surface area contributed by atoms with Gasteiger partial charge in [-0.15, -0.1) is 0 Å². The van der Waals surface area contributed by atoms with Crippen molar-refractivity contribution in [3.05, 3.63) is 52.3 Å². The Bertz CT molecular complexity index is 1090. The van der Waals surface area contributed by atoms with Crippen LogP contribution in [0, 0.1) is 0 Å². The number of esters is 1. The van der Waals surface area contributed by atoms with E-state index in [4.69, 9.17) is 14.6 Å². The van der Waals surface area contributed by atoms with Gasteiger partial charge in [-0.25, -0.2) is 4.79 Å². The van der Waals surface area contributed by atoms with Crippen LogP contribution in [0.15, 0.2) is 24.3 Å². The molecule has 0 aliphatic carbocycles. The van der Waals surface area contributed by atoms with Crippen LogP contribution in [0.25, 0.3) is 0 Å². The van der Waals surface area contributed by atoms with Gasteiger partial charge in [0, 0.05) is 50.5 Å². The van der Waals surface area contributed by atoms with Gasteiger partial charge in [0.25, 0.3) is 11.8 Å². The molecule has 1 saturated heterocycles. The van der Waals surface area contributed by atoms with Gasteiger partial charge in [-0.3, -0.25) is 14.3 Å². The molecule has 1 N–H and O–H groups in total. The predicted octanol–water partition coefficient (Wildman–Crippen LogP) is 3.40. The van der Waals surface area contributed by atoms with E-state index in [1.807, 2.05) is 11.8 Å². The Labute approximate surface area is 218 Å². The van der Waals surface area contributed by atoms with E-state index in [-0.39, 0.29) is 18.4 Å². The zero-order chi connectivity index (χ0) is 26.0. The molecule has 2 amide bonds. The molecule has 0 saturated carbocycles. The molecule has 4 rings (SSSR count). The first-order valence-corrected chi connectivity index (χ1v) is 13.6. The summed E-state index contributed by atoms with van der Waals surface area (Å²) < 4.78 is 13.0. The molecule has 9 nitrogen and oxygen atoms in total. The summed E-state index contributed by atoms with van der Waals surface area (Å²) >= 11 is 0. The number of likely N-dealkylation sites (tertiary alicyclic amines) is 1. The number of aromatic nitrogens is 2. The van der Waals surface area contributed by atoms with E-state index >= 15 is 0 Å². The molecular formula is C28H38N4O5. The average Bonchev–Trinajstić information content (AvgIpc) is 3.27. The SMILES string of the molecule is CCn1nc(CCCOC(=O)c2cccc(C(=O)N3CCCCC3)c2)c2c1C(=O)NCCCOCCC2. The second-order valence-corrected chi connectivity index (χ2v) is 9.59. The molecule has 9 heteroatoms. The lowest BCUT2D eigenvalue weighted by Crippen LogP contribution is -2.35. The van der Waals surface area contributed by atoms with Crippen molar-refractivity contribution in [2.45, 2.75) is 64.8 Å². The minimum Gasteiger partial charge on any atom is -0.462 e. The summed E-state index contributed by atoms with van der Waals surface area (Å²) in [5, 5.41) is 7.69. The molecule has 2 aliphatic rings. The molecule has 200 valence electrons. The number of carbonyl (C=O) groups is 3. The third-order valence-electron chi connectivity index (χ3n) is 6.89. The van der Waals surface area contributed by atoms with E-state index in [0.29, 0.717) is 56.0 Å². The Balaban J connectivity index is 1.35. The van der Waals surface area contributed by atoms with Crippen LogP contribution >= 0.6 is 0 Å². The largest absolute Gasteiger partial charge is 0.462 e. The minimum absolute atomic E-state index is 0.0333. The van der Waals surface area contributed by atoms with Crippen molar-refractivity contribution in [1.29, 1.82) is 0 Å². The first-order valence-electron chi connectivity index (χ1n) is 13.6. The van der Waals surface area contributed by atoms with Crippen molar-refractivity contribution in [3.63, 3.8) is 0 Å². The maximum absolute atomic E-state index is 12.9. The summed E-state index contributed by atoms with van der Waals surface area (Å²) in [5.74, 6) is -0.569. The topological polar surface area (TPSA) is 103 Å². The highest BCUT2D eigenvalue weighted by Gasteiger charge is 2.23. The Morgan fingerprint density at radius 2 is 1.86 bits per heavy atom. The molecule has 0 unspecified atom stereocenters. The van der Waals surface area contributed by atoms with Gasteiger partial charge in [0.05, 0.1) is 17.9 Å². The van der Waals surface area contributed by atoms with Crippen molar-refractivity contribution in [2.75, 3.05) is 39.5 Å². The zero-order valence-corrected chi connectivity index (χ0v) is 21.8. The fourth-order valence-electron chi connectivity index (χ4n) is 4.95. The van der Waals surface area contributed by atoms with Crippen LogP contribution in [-0.4, -0.2) is 71.9 Å². The molecule has 1 aromatic carbocycles. The Morgan fingerprint density at radius 3 is 2.68 bits per heavy atom. The lowest BCUT2D eigenvalue weighted by atomic mass is 10.0. The summed E-state index contributed by atoms with van der Waals surface area (Å²) in [4.78, 5) is 40.2. The van der Waals surface area contributed by atoms with Gasteiger partial charge in [-0.2, -0.15) is 5.10 Å². The van der Waals surface area contributed by atoms with Gasteiger partial charge in [-0.1, -0.05) is 6.07 Å². The lowest BCUT2D eigenvalue weighted by Gasteiger charge is -2.26. The van der Waals surface area contributed by atoms with Crippen LogP contribution in [0.4, 0.5) is 0 Å². The highest BCUT2D eigenvalue weighted by Crippen LogP contribution is 2.20. The van der Waals surface area contributed by atoms with Gasteiger partial charge in [0.15, 0.2) is 0 Å². The van der Waals surface area contributed by atoms with E-state index in [9.17, 15) is 14.4 Å². The van der Waals surface area contributed by atoms with Crippen molar-refractivity contribution in [2.24, 2.45) is 0 Å². The maximum Gasteiger partial charge on any atom is 0.338 e. The number of nitrogens with zero attached hydrogens (tertiary/aromatic N) is 3. The standard InChI is InChI=1S/C28H38N4O5/c1-2-32-25-23(12-7-17-36-18-9-14-29-26(25)33)24(30-32)13-8-19-37-28(35)22-11-6-10-21(20-22)27(34)31-15-4-3-5-16-31/h6,10-11,20H,2-5,7-9,12-19H2,1H3,(H,29,33). The second kappa shape index (κ2) is 13.4. The summed E-state index contributed by atoms with van der Waals surface area (Å²) in [7, 11) is 0. The van der Waals surface area contributed by atoms with Crippen LogP contribution in [0.1, 0.15) is 87.9 Å². The average molecular weight is 511 g/mol. The molecule has 0 atom stereocenters. The number of hydrogen-bond acceptors (Lipinski definition) is 6. The van der Waals surface area contributed by atoms with Crippen LogP contribution < -0.4 is 5.32 Å². The zero-order valence-electron chi connectivity index (χ0n) is 21.8. The molecule has 0 spiro atoms. The summed E-state index contributed by atoms with van der Waals surface area (Å²) in [6.07, 6.45) is 6.71. The molecule has 1 fully saturated rings. The number of nitrogens with one attached hydrogen (secondary N) is 1. The summed E-state index contributed by atoms with van der Waals surface area (Å²) in [6, 6.07) is 6.78. The third kappa shape index (κ3) is 6.97. The van der Waals surface area contributed by atoms with Gasteiger partial charge >= 0.3 is 5.97 Å². The summed E-state index contributed by atoms with van der Waals surface area (Å²) in [5.41, 5.74) is 3.36. The molecule has 3 heterocycles. The lowest BCUT2D eigenvalue weighted by molar-refractivity contribution is 0.0500. The quantitative estimate of drug-likeness (QED) is 0.452. The third-order valence-corrected chi connectivity index (χ3v) is 6.89. The first-order chi connectivity index (χ1) is 18.1. The summed E-state index contributed by atoms with van der Waals surface area (Å²) in [6.45, 7) is 6.21. The minimum atomic E-state index is -0.441. The maximum atomic E-state index is 12.9. The molecule has 37 heavy (non-hydrogen) atoms. The predicted molar refractivity (Wildman–Crippen MR) is 139 cm³/mol. The monoisotopic (exact) mass is 510 g/mol. The first kappa shape index (κ1) is 26.9. The van der Waals surface area contributed by atoms with E-state index in [1.54, 1.807) is 28.9 Å². The van der Waals surface area contributed by atoms with Crippen molar-refractivity contribution < 1.29 is 23.9 Å². The van der Waals surface area contributed by atoms with E-state index in [2.05, 4.69) is 5.32 Å². The Hall–Kier alpha value is -3.20. The fourth-order valence-corrected chi connectivity index (χ4v) is 4.95. The molecule has 2 aliphatic heterocycles. The highest BCUT2D eigenvalue weighted by molar-refractivity contribution is 5.98. The molecule has 1 aromatic heterocycles. The van der Waals surface area contributed by atoms with Crippen molar-refractivity contribution in [1.82, 2.24) is 20.0 Å². The highest BCUT2D eigenvalue weighted by atomic mass is 16.5. The Kier molecular flexibility index (Phi) is 9.71. The van der Waals surface area contributed by atoms with Crippen molar-refractivity contribution >= 4 is 17.8 Å². The number of rotatable bonds is 7. The number of piperidine rings is 1. The smallest absolute Gasteiger partial charge is 0.338 e. The van der Waals surface area contributed by atoms with Gasteiger partial charge in [-0.05, 0) is 76.5 Å². The number of fused-ring (bicyclic) bond motifs is 1. The molecule has 0 radical (unpaired) electrons. The van der Waals surface area contributed by atoms with Crippen LogP contribution in [0.2, 0.25) is 0 Å². The number of hydrogen-bond donors (Lipinski definition) is 1. The van der Waals surface area contributed by atoms with Crippen LogP contribution in [0.3, 0.4) is 0 Å². The normalized spacial score (nSPS) is 16.9.